The molecule has 0 saturated carbocycles. The van der Waals surface area contributed by atoms with Gasteiger partial charge in [-0.25, -0.2) is 4.79 Å². The maximum absolute atomic E-state index is 12.6. The zero-order valence-electron chi connectivity index (χ0n) is 15.5. The second-order valence-corrected chi connectivity index (χ2v) is 7.34. The molecule has 2 aliphatic rings. The predicted octanol–water partition coefficient (Wildman–Crippen LogP) is 3.00. The maximum Gasteiger partial charge on any atom is 0.319 e. The van der Waals surface area contributed by atoms with Gasteiger partial charge in [0.15, 0.2) is 0 Å². The third-order valence-electron chi connectivity index (χ3n) is 5.42. The van der Waals surface area contributed by atoms with E-state index in [0.29, 0.717) is 13.1 Å². The Morgan fingerprint density at radius 2 is 1.72 bits per heavy atom. The van der Waals surface area contributed by atoms with Gasteiger partial charge in [-0.2, -0.15) is 0 Å². The topological polar surface area (TPSA) is 65.8 Å². The molecule has 2 aliphatic heterocycles. The highest BCUT2D eigenvalue weighted by Crippen LogP contribution is 2.24. The minimum absolute atomic E-state index is 0.0154. The standard InChI is InChI=1S/C19H29N3O3/c1-13-12-17(15(3)25-13)14(2)20-18(23)16-6-10-22(11-7-16)19(24)21-8-4-5-9-21/h12,14,16H,4-11H2,1-3H3,(H,20,23)/t14-/m1/s1. The zero-order chi connectivity index (χ0) is 18.0. The van der Waals surface area contributed by atoms with E-state index in [4.69, 9.17) is 4.42 Å². The first-order chi connectivity index (χ1) is 12.0. The number of furan rings is 1. The number of aryl methyl sites for hydroxylation is 2. The molecule has 2 saturated heterocycles. The Labute approximate surface area is 149 Å². The molecule has 1 N–H and O–H groups in total. The summed E-state index contributed by atoms with van der Waals surface area (Å²) in [5.41, 5.74) is 1.03. The molecule has 3 amide bonds. The number of likely N-dealkylation sites (tertiary alicyclic amines) is 2. The van der Waals surface area contributed by atoms with Crippen molar-refractivity contribution < 1.29 is 14.0 Å². The lowest BCUT2D eigenvalue weighted by Crippen LogP contribution is -2.47. The Bertz CT molecular complexity index is 626. The first-order valence-electron chi connectivity index (χ1n) is 9.37. The molecule has 6 heteroatoms. The average molecular weight is 347 g/mol. The molecule has 138 valence electrons. The molecular formula is C19H29N3O3. The summed E-state index contributed by atoms with van der Waals surface area (Å²) in [6.07, 6.45) is 3.69. The van der Waals surface area contributed by atoms with Crippen LogP contribution >= 0.6 is 0 Å². The fourth-order valence-corrected chi connectivity index (χ4v) is 3.93. The zero-order valence-corrected chi connectivity index (χ0v) is 15.5. The van der Waals surface area contributed by atoms with E-state index in [2.05, 4.69) is 5.32 Å². The Morgan fingerprint density at radius 3 is 2.28 bits per heavy atom. The molecule has 25 heavy (non-hydrogen) atoms. The number of urea groups is 1. The van der Waals surface area contributed by atoms with Crippen LogP contribution in [0.4, 0.5) is 4.79 Å². The summed E-state index contributed by atoms with van der Waals surface area (Å²) in [4.78, 5) is 28.8. The third kappa shape index (κ3) is 3.99. The van der Waals surface area contributed by atoms with Crippen LogP contribution in [0.3, 0.4) is 0 Å². The van der Waals surface area contributed by atoms with Crippen molar-refractivity contribution in [3.8, 4) is 0 Å². The summed E-state index contributed by atoms with van der Waals surface area (Å²) >= 11 is 0. The molecule has 0 unspecified atom stereocenters. The lowest BCUT2D eigenvalue weighted by Gasteiger charge is -2.34. The van der Waals surface area contributed by atoms with Crippen molar-refractivity contribution in [1.82, 2.24) is 15.1 Å². The van der Waals surface area contributed by atoms with E-state index in [0.717, 1.165) is 55.9 Å². The number of nitrogens with zero attached hydrogens (tertiary/aromatic N) is 2. The van der Waals surface area contributed by atoms with E-state index in [1.54, 1.807) is 0 Å². The van der Waals surface area contributed by atoms with Gasteiger partial charge >= 0.3 is 6.03 Å². The number of carbonyl (C=O) groups is 2. The highest BCUT2D eigenvalue weighted by atomic mass is 16.3. The second-order valence-electron chi connectivity index (χ2n) is 7.34. The smallest absolute Gasteiger partial charge is 0.319 e. The van der Waals surface area contributed by atoms with Gasteiger partial charge in [0.05, 0.1) is 6.04 Å². The Hall–Kier alpha value is -1.98. The van der Waals surface area contributed by atoms with Crippen LogP contribution in [-0.4, -0.2) is 47.9 Å². The van der Waals surface area contributed by atoms with Crippen LogP contribution in [0.1, 0.15) is 55.7 Å². The normalized spacial score (nSPS) is 20.0. The molecule has 3 heterocycles. The van der Waals surface area contributed by atoms with E-state index in [1.165, 1.54) is 0 Å². The van der Waals surface area contributed by atoms with Crippen LogP contribution < -0.4 is 5.32 Å². The van der Waals surface area contributed by atoms with E-state index < -0.39 is 0 Å². The monoisotopic (exact) mass is 347 g/mol. The van der Waals surface area contributed by atoms with Gasteiger partial charge in [0.1, 0.15) is 11.5 Å². The highest BCUT2D eigenvalue weighted by molar-refractivity contribution is 5.80. The SMILES string of the molecule is Cc1cc([C@@H](C)NC(=O)C2CCN(C(=O)N3CCCC3)CC2)c(C)o1. The number of amides is 3. The van der Waals surface area contributed by atoms with Gasteiger partial charge in [0, 0.05) is 37.7 Å². The Balaban J connectivity index is 1.49. The van der Waals surface area contributed by atoms with Crippen molar-refractivity contribution in [3.05, 3.63) is 23.2 Å². The van der Waals surface area contributed by atoms with Crippen molar-refractivity contribution in [2.24, 2.45) is 5.92 Å². The quantitative estimate of drug-likeness (QED) is 0.914. The summed E-state index contributed by atoms with van der Waals surface area (Å²) in [6, 6.07) is 2.07. The third-order valence-corrected chi connectivity index (χ3v) is 5.42. The number of nitrogens with one attached hydrogen (secondary N) is 1. The molecule has 0 aliphatic carbocycles. The molecule has 0 spiro atoms. The molecule has 0 bridgehead atoms. The fraction of sp³-hybridized carbons (Fsp3) is 0.684. The molecule has 3 rings (SSSR count). The van der Waals surface area contributed by atoms with Gasteiger partial charge < -0.3 is 19.5 Å². The summed E-state index contributed by atoms with van der Waals surface area (Å²) < 4.78 is 5.55. The summed E-state index contributed by atoms with van der Waals surface area (Å²) in [7, 11) is 0. The molecular weight excluding hydrogens is 318 g/mol. The van der Waals surface area contributed by atoms with Crippen molar-refractivity contribution in [3.63, 3.8) is 0 Å². The molecule has 1 atom stereocenters. The number of carbonyl (C=O) groups excluding carboxylic acids is 2. The number of rotatable bonds is 3. The largest absolute Gasteiger partial charge is 0.466 e. The minimum Gasteiger partial charge on any atom is -0.466 e. The summed E-state index contributed by atoms with van der Waals surface area (Å²) in [5, 5.41) is 3.11. The number of hydrogen-bond donors (Lipinski definition) is 1. The van der Waals surface area contributed by atoms with E-state index in [1.807, 2.05) is 36.6 Å². The first-order valence-corrected chi connectivity index (χ1v) is 9.37. The van der Waals surface area contributed by atoms with Gasteiger partial charge in [-0.1, -0.05) is 0 Å². The maximum atomic E-state index is 12.6. The van der Waals surface area contributed by atoms with Crippen molar-refractivity contribution in [2.45, 2.75) is 52.5 Å². The van der Waals surface area contributed by atoms with Gasteiger partial charge in [0.25, 0.3) is 0 Å². The molecule has 1 aromatic rings. The summed E-state index contributed by atoms with van der Waals surface area (Å²) in [5.74, 6) is 1.79. The predicted molar refractivity (Wildman–Crippen MR) is 95.2 cm³/mol. The molecule has 0 aromatic carbocycles. The van der Waals surface area contributed by atoms with E-state index in [9.17, 15) is 9.59 Å². The summed E-state index contributed by atoms with van der Waals surface area (Å²) in [6.45, 7) is 8.92. The molecule has 2 fully saturated rings. The van der Waals surface area contributed by atoms with Crippen molar-refractivity contribution in [2.75, 3.05) is 26.2 Å². The second kappa shape index (κ2) is 7.50. The van der Waals surface area contributed by atoms with Crippen LogP contribution in [0.15, 0.2) is 10.5 Å². The van der Waals surface area contributed by atoms with Gasteiger partial charge in [-0.15, -0.1) is 0 Å². The van der Waals surface area contributed by atoms with Gasteiger partial charge in [-0.05, 0) is 52.5 Å². The number of hydrogen-bond acceptors (Lipinski definition) is 3. The van der Waals surface area contributed by atoms with Crippen LogP contribution in [-0.2, 0) is 4.79 Å². The van der Waals surface area contributed by atoms with Crippen LogP contribution in [0.25, 0.3) is 0 Å². The van der Waals surface area contributed by atoms with Crippen molar-refractivity contribution in [1.29, 1.82) is 0 Å². The fourth-order valence-electron chi connectivity index (χ4n) is 3.93. The molecule has 6 nitrogen and oxygen atoms in total. The molecule has 0 radical (unpaired) electrons. The highest BCUT2D eigenvalue weighted by Gasteiger charge is 2.31. The lowest BCUT2D eigenvalue weighted by molar-refractivity contribution is -0.126. The lowest BCUT2D eigenvalue weighted by atomic mass is 9.95. The average Bonchev–Trinajstić information content (AvgIpc) is 3.24. The number of piperidine rings is 1. The van der Waals surface area contributed by atoms with Crippen molar-refractivity contribution >= 4 is 11.9 Å². The van der Waals surface area contributed by atoms with E-state index in [-0.39, 0.29) is 23.9 Å². The molecule has 1 aromatic heterocycles. The van der Waals surface area contributed by atoms with Gasteiger partial charge in [-0.3, -0.25) is 4.79 Å². The first kappa shape index (κ1) is 17.8. The van der Waals surface area contributed by atoms with Gasteiger partial charge in [0.2, 0.25) is 5.91 Å². The van der Waals surface area contributed by atoms with Crippen LogP contribution in [0, 0.1) is 19.8 Å². The van der Waals surface area contributed by atoms with Crippen LogP contribution in [0.2, 0.25) is 0 Å². The van der Waals surface area contributed by atoms with Crippen LogP contribution in [0.5, 0.6) is 0 Å². The minimum atomic E-state index is -0.0609. The Kier molecular flexibility index (Phi) is 5.35. The van der Waals surface area contributed by atoms with E-state index >= 15 is 0 Å². The Morgan fingerprint density at radius 1 is 1.12 bits per heavy atom.